The summed E-state index contributed by atoms with van der Waals surface area (Å²) < 4.78 is 2.25. The average Bonchev–Trinajstić information content (AvgIpc) is 3.04. The summed E-state index contributed by atoms with van der Waals surface area (Å²) in [7, 11) is 0. The normalized spacial score (nSPS) is 15.2. The van der Waals surface area contributed by atoms with Crippen LogP contribution in [0.2, 0.25) is 0 Å². The highest BCUT2D eigenvalue weighted by atomic mass is 32.1. The van der Waals surface area contributed by atoms with E-state index in [1.807, 2.05) is 0 Å². The van der Waals surface area contributed by atoms with Crippen molar-refractivity contribution in [3.05, 3.63) is 17.3 Å². The van der Waals surface area contributed by atoms with Crippen molar-refractivity contribution in [2.75, 3.05) is 24.5 Å². The first kappa shape index (κ1) is 14.9. The highest BCUT2D eigenvalue weighted by molar-refractivity contribution is 7.15. The van der Waals surface area contributed by atoms with Crippen LogP contribution in [0.4, 0.5) is 5.82 Å². The fourth-order valence-electron chi connectivity index (χ4n) is 2.70. The quantitative estimate of drug-likeness (QED) is 0.811. The Morgan fingerprint density at radius 3 is 2.95 bits per heavy atom. The molecule has 5 heteroatoms. The minimum Gasteiger partial charge on any atom is -0.355 e. The van der Waals surface area contributed by atoms with Crippen molar-refractivity contribution in [2.24, 2.45) is 11.8 Å². The largest absolute Gasteiger partial charge is 0.355 e. The summed E-state index contributed by atoms with van der Waals surface area (Å²) in [5.41, 5.74) is 1.31. The molecule has 1 N–H and O–H groups in total. The average molecular weight is 306 g/mol. The molecule has 0 amide bonds. The summed E-state index contributed by atoms with van der Waals surface area (Å²) in [6.45, 7) is 10.9. The fourth-order valence-corrected chi connectivity index (χ4v) is 3.42. The summed E-state index contributed by atoms with van der Waals surface area (Å²) in [6.07, 6.45) is 4.92. The van der Waals surface area contributed by atoms with E-state index in [1.165, 1.54) is 30.9 Å². The van der Waals surface area contributed by atoms with Gasteiger partial charge in [0.15, 0.2) is 10.8 Å². The van der Waals surface area contributed by atoms with Gasteiger partial charge in [-0.3, -0.25) is 4.40 Å². The van der Waals surface area contributed by atoms with Gasteiger partial charge >= 0.3 is 0 Å². The maximum absolute atomic E-state index is 4.89. The summed E-state index contributed by atoms with van der Waals surface area (Å²) in [5, 5.41) is 5.69. The molecular formula is C16H26N4S. The minimum absolute atomic E-state index is 0.674. The van der Waals surface area contributed by atoms with Crippen LogP contribution in [-0.2, 0) is 6.54 Å². The topological polar surface area (TPSA) is 32.6 Å². The lowest BCUT2D eigenvalue weighted by atomic mass is 10.2. The molecule has 0 unspecified atom stereocenters. The molecule has 2 heterocycles. The Morgan fingerprint density at radius 1 is 1.48 bits per heavy atom. The van der Waals surface area contributed by atoms with E-state index < -0.39 is 0 Å². The molecule has 116 valence electrons. The molecule has 2 aromatic heterocycles. The van der Waals surface area contributed by atoms with Gasteiger partial charge < -0.3 is 10.2 Å². The molecule has 2 aromatic rings. The van der Waals surface area contributed by atoms with Crippen LogP contribution < -0.4 is 10.2 Å². The van der Waals surface area contributed by atoms with E-state index in [9.17, 15) is 0 Å². The number of imidazole rings is 1. The Bertz CT molecular complexity index is 582. The third-order valence-corrected chi connectivity index (χ3v) is 4.80. The van der Waals surface area contributed by atoms with E-state index >= 15 is 0 Å². The number of hydrogen-bond acceptors (Lipinski definition) is 4. The lowest BCUT2D eigenvalue weighted by molar-refractivity contribution is 0.546. The van der Waals surface area contributed by atoms with Crippen LogP contribution >= 0.6 is 11.3 Å². The third kappa shape index (κ3) is 3.40. The standard InChI is InChI=1S/C16H26N4S/c1-4-19(11-13-5-6-13)15-14(10-17-9-12(2)3)20-7-8-21-16(20)18-15/h7-8,12-13,17H,4-6,9-11H2,1-3H3. The summed E-state index contributed by atoms with van der Waals surface area (Å²) >= 11 is 1.72. The number of anilines is 1. The predicted molar refractivity (Wildman–Crippen MR) is 90.2 cm³/mol. The molecule has 0 bridgehead atoms. The van der Waals surface area contributed by atoms with E-state index in [0.29, 0.717) is 5.92 Å². The predicted octanol–water partition coefficient (Wildman–Crippen LogP) is 3.38. The van der Waals surface area contributed by atoms with Crippen molar-refractivity contribution in [3.8, 4) is 0 Å². The third-order valence-electron chi connectivity index (χ3n) is 4.04. The Labute approximate surface area is 131 Å². The van der Waals surface area contributed by atoms with Gasteiger partial charge in [0.25, 0.3) is 0 Å². The number of hydrogen-bond donors (Lipinski definition) is 1. The number of nitrogens with one attached hydrogen (secondary N) is 1. The first-order valence-electron chi connectivity index (χ1n) is 8.09. The van der Waals surface area contributed by atoms with Gasteiger partial charge in [-0.05, 0) is 38.1 Å². The summed E-state index contributed by atoms with van der Waals surface area (Å²) in [6, 6.07) is 0. The van der Waals surface area contributed by atoms with Crippen LogP contribution in [0.15, 0.2) is 11.6 Å². The molecule has 0 radical (unpaired) electrons. The van der Waals surface area contributed by atoms with Gasteiger partial charge in [0.05, 0.1) is 5.69 Å². The monoisotopic (exact) mass is 306 g/mol. The van der Waals surface area contributed by atoms with Gasteiger partial charge in [0.2, 0.25) is 0 Å². The minimum atomic E-state index is 0.674. The number of aromatic nitrogens is 2. The maximum atomic E-state index is 4.89. The maximum Gasteiger partial charge on any atom is 0.195 e. The van der Waals surface area contributed by atoms with Crippen LogP contribution in [0.1, 0.15) is 39.3 Å². The van der Waals surface area contributed by atoms with E-state index in [1.54, 1.807) is 11.3 Å². The molecule has 0 spiro atoms. The zero-order valence-corrected chi connectivity index (χ0v) is 14.1. The lowest BCUT2D eigenvalue weighted by Gasteiger charge is -2.22. The zero-order chi connectivity index (χ0) is 14.8. The Kier molecular flexibility index (Phi) is 4.50. The van der Waals surface area contributed by atoms with Crippen molar-refractivity contribution < 1.29 is 0 Å². The molecule has 1 aliphatic rings. The second-order valence-electron chi connectivity index (χ2n) is 6.44. The molecule has 0 aromatic carbocycles. The number of fused-ring (bicyclic) bond motifs is 1. The number of thiazole rings is 1. The Balaban J connectivity index is 1.82. The highest BCUT2D eigenvalue weighted by Crippen LogP contribution is 2.33. The van der Waals surface area contributed by atoms with Crippen molar-refractivity contribution in [3.63, 3.8) is 0 Å². The van der Waals surface area contributed by atoms with Crippen LogP contribution in [0.25, 0.3) is 4.96 Å². The van der Waals surface area contributed by atoms with E-state index in [0.717, 1.165) is 30.5 Å². The van der Waals surface area contributed by atoms with Gasteiger partial charge in [-0.15, -0.1) is 11.3 Å². The molecule has 4 nitrogen and oxygen atoms in total. The lowest BCUT2D eigenvalue weighted by Crippen LogP contribution is -2.28. The fraction of sp³-hybridized carbons (Fsp3) is 0.688. The van der Waals surface area contributed by atoms with E-state index in [2.05, 4.69) is 47.0 Å². The molecule has 1 fully saturated rings. The SMILES string of the molecule is CCN(CC1CC1)c1nc2sccn2c1CNCC(C)C. The molecule has 0 aliphatic heterocycles. The zero-order valence-electron chi connectivity index (χ0n) is 13.3. The molecule has 21 heavy (non-hydrogen) atoms. The van der Waals surface area contributed by atoms with Gasteiger partial charge in [-0.2, -0.15) is 0 Å². The Morgan fingerprint density at radius 2 is 2.29 bits per heavy atom. The van der Waals surface area contributed by atoms with E-state index in [-0.39, 0.29) is 0 Å². The second-order valence-corrected chi connectivity index (χ2v) is 7.32. The first-order chi connectivity index (χ1) is 10.2. The van der Waals surface area contributed by atoms with Crippen LogP contribution in [-0.4, -0.2) is 29.0 Å². The highest BCUT2D eigenvalue weighted by Gasteiger charge is 2.26. The van der Waals surface area contributed by atoms with Crippen LogP contribution in [0.5, 0.6) is 0 Å². The smallest absolute Gasteiger partial charge is 0.195 e. The number of rotatable bonds is 8. The molecule has 1 aliphatic carbocycles. The molecule has 0 saturated heterocycles. The van der Waals surface area contributed by atoms with Gasteiger partial charge in [0.1, 0.15) is 0 Å². The van der Waals surface area contributed by atoms with Crippen molar-refractivity contribution in [1.82, 2.24) is 14.7 Å². The van der Waals surface area contributed by atoms with Crippen LogP contribution in [0.3, 0.4) is 0 Å². The molecule has 0 atom stereocenters. The summed E-state index contributed by atoms with van der Waals surface area (Å²) in [4.78, 5) is 8.46. The molecule has 3 rings (SSSR count). The van der Waals surface area contributed by atoms with Gasteiger partial charge in [-0.25, -0.2) is 4.98 Å². The van der Waals surface area contributed by atoms with Crippen LogP contribution in [0, 0.1) is 11.8 Å². The Hall–Kier alpha value is -1.07. The van der Waals surface area contributed by atoms with Crippen molar-refractivity contribution in [2.45, 2.75) is 40.2 Å². The van der Waals surface area contributed by atoms with Gasteiger partial charge in [-0.1, -0.05) is 13.8 Å². The van der Waals surface area contributed by atoms with Crippen molar-refractivity contribution in [1.29, 1.82) is 0 Å². The van der Waals surface area contributed by atoms with Crippen molar-refractivity contribution >= 4 is 22.1 Å². The number of nitrogens with zero attached hydrogens (tertiary/aromatic N) is 3. The molecule has 1 saturated carbocycles. The van der Waals surface area contributed by atoms with E-state index in [4.69, 9.17) is 4.98 Å². The second kappa shape index (κ2) is 6.36. The first-order valence-corrected chi connectivity index (χ1v) is 8.97. The molecular weight excluding hydrogens is 280 g/mol. The summed E-state index contributed by atoms with van der Waals surface area (Å²) in [5.74, 6) is 2.75. The van der Waals surface area contributed by atoms with Gasteiger partial charge in [0, 0.05) is 31.2 Å².